The highest BCUT2D eigenvalue weighted by atomic mass is 35.5. The predicted molar refractivity (Wildman–Crippen MR) is 76.0 cm³/mol. The van der Waals surface area contributed by atoms with E-state index in [1.807, 2.05) is 17.9 Å². The standard InChI is InChI=1S/C14H20ClN3O/c1-11(14(19)18-7-3-2-4-8-18)17-9-12-5-6-16-10-13(12)15/h5-6,10-11,17H,2-4,7-9H2,1H3. The summed E-state index contributed by atoms with van der Waals surface area (Å²) in [5, 5.41) is 3.87. The van der Waals surface area contributed by atoms with Gasteiger partial charge in [-0.15, -0.1) is 0 Å². The zero-order chi connectivity index (χ0) is 13.7. The lowest BCUT2D eigenvalue weighted by Gasteiger charge is -2.29. The van der Waals surface area contributed by atoms with Crippen LogP contribution in [0.25, 0.3) is 0 Å². The summed E-state index contributed by atoms with van der Waals surface area (Å²) in [4.78, 5) is 18.1. The molecule has 0 aliphatic carbocycles. The number of hydrogen-bond acceptors (Lipinski definition) is 3. The molecule has 19 heavy (non-hydrogen) atoms. The van der Waals surface area contributed by atoms with Gasteiger partial charge in [0.05, 0.1) is 11.1 Å². The molecule has 0 saturated carbocycles. The van der Waals surface area contributed by atoms with Crippen LogP contribution in [-0.2, 0) is 11.3 Å². The third-order valence-electron chi connectivity index (χ3n) is 3.49. The normalized spacial score (nSPS) is 17.3. The summed E-state index contributed by atoms with van der Waals surface area (Å²) >= 11 is 6.04. The van der Waals surface area contributed by atoms with Gasteiger partial charge in [-0.25, -0.2) is 0 Å². The third kappa shape index (κ3) is 3.91. The summed E-state index contributed by atoms with van der Waals surface area (Å²) < 4.78 is 0. The number of pyridine rings is 1. The molecule has 5 heteroatoms. The second-order valence-corrected chi connectivity index (χ2v) is 5.36. The molecule has 1 amide bonds. The van der Waals surface area contributed by atoms with E-state index >= 15 is 0 Å². The Morgan fingerprint density at radius 1 is 1.47 bits per heavy atom. The molecule has 1 fully saturated rings. The number of carbonyl (C=O) groups excluding carboxylic acids is 1. The Kier molecular flexibility index (Phi) is 5.16. The van der Waals surface area contributed by atoms with Crippen molar-refractivity contribution in [1.29, 1.82) is 0 Å². The molecule has 0 aromatic carbocycles. The maximum Gasteiger partial charge on any atom is 0.239 e. The number of rotatable bonds is 4. The van der Waals surface area contributed by atoms with Crippen molar-refractivity contribution in [3.05, 3.63) is 29.0 Å². The summed E-state index contributed by atoms with van der Waals surface area (Å²) in [5.41, 5.74) is 0.968. The first-order chi connectivity index (χ1) is 9.18. The number of amides is 1. The second kappa shape index (κ2) is 6.87. The maximum atomic E-state index is 12.2. The van der Waals surface area contributed by atoms with Crippen molar-refractivity contribution in [3.63, 3.8) is 0 Å². The van der Waals surface area contributed by atoms with E-state index < -0.39 is 0 Å². The number of hydrogen-bond donors (Lipinski definition) is 1. The molecule has 1 aliphatic heterocycles. The van der Waals surface area contributed by atoms with E-state index in [4.69, 9.17) is 11.6 Å². The second-order valence-electron chi connectivity index (χ2n) is 4.96. The largest absolute Gasteiger partial charge is 0.341 e. The quantitative estimate of drug-likeness (QED) is 0.920. The minimum absolute atomic E-state index is 0.178. The lowest BCUT2D eigenvalue weighted by atomic mass is 10.1. The fraction of sp³-hybridized carbons (Fsp3) is 0.571. The molecular formula is C14H20ClN3O. The molecule has 1 unspecified atom stereocenters. The van der Waals surface area contributed by atoms with Crippen molar-refractivity contribution in [3.8, 4) is 0 Å². The first-order valence-electron chi connectivity index (χ1n) is 6.79. The van der Waals surface area contributed by atoms with Gasteiger partial charge in [-0.1, -0.05) is 11.6 Å². The van der Waals surface area contributed by atoms with E-state index in [1.54, 1.807) is 12.4 Å². The fourth-order valence-corrected chi connectivity index (χ4v) is 2.47. The van der Waals surface area contributed by atoms with Crippen LogP contribution in [0, 0.1) is 0 Å². The highest BCUT2D eigenvalue weighted by Gasteiger charge is 2.21. The number of piperidine rings is 1. The van der Waals surface area contributed by atoms with Crippen molar-refractivity contribution in [2.45, 2.75) is 38.8 Å². The molecule has 1 aromatic rings. The molecule has 1 saturated heterocycles. The zero-order valence-electron chi connectivity index (χ0n) is 11.2. The van der Waals surface area contributed by atoms with Crippen LogP contribution in [0.15, 0.2) is 18.5 Å². The van der Waals surface area contributed by atoms with Crippen molar-refractivity contribution < 1.29 is 4.79 Å². The Hall–Kier alpha value is -1.13. The zero-order valence-corrected chi connectivity index (χ0v) is 12.0. The van der Waals surface area contributed by atoms with Crippen molar-refractivity contribution in [1.82, 2.24) is 15.2 Å². The van der Waals surface area contributed by atoms with Gasteiger partial charge in [0.25, 0.3) is 0 Å². The van der Waals surface area contributed by atoms with Crippen LogP contribution in [0.4, 0.5) is 0 Å². The van der Waals surface area contributed by atoms with Gasteiger partial charge in [-0.05, 0) is 37.8 Å². The van der Waals surface area contributed by atoms with E-state index in [0.717, 1.165) is 31.5 Å². The van der Waals surface area contributed by atoms with Crippen LogP contribution in [-0.4, -0.2) is 34.9 Å². The van der Waals surface area contributed by atoms with Crippen LogP contribution in [0.1, 0.15) is 31.7 Å². The number of carbonyl (C=O) groups is 1. The average Bonchev–Trinajstić information content (AvgIpc) is 2.46. The topological polar surface area (TPSA) is 45.2 Å². The SMILES string of the molecule is CC(NCc1ccncc1Cl)C(=O)N1CCCCC1. The number of likely N-dealkylation sites (tertiary alicyclic amines) is 1. The van der Waals surface area contributed by atoms with Gasteiger partial charge in [-0.2, -0.15) is 0 Å². The Bertz CT molecular complexity index is 432. The van der Waals surface area contributed by atoms with Crippen molar-refractivity contribution in [2.75, 3.05) is 13.1 Å². The van der Waals surface area contributed by atoms with Gasteiger partial charge < -0.3 is 10.2 Å². The summed E-state index contributed by atoms with van der Waals surface area (Å²) in [6, 6.07) is 1.69. The van der Waals surface area contributed by atoms with E-state index in [-0.39, 0.29) is 11.9 Å². The van der Waals surface area contributed by atoms with Crippen LogP contribution in [0.2, 0.25) is 5.02 Å². The van der Waals surface area contributed by atoms with Crippen LogP contribution in [0.5, 0.6) is 0 Å². The van der Waals surface area contributed by atoms with E-state index in [1.165, 1.54) is 6.42 Å². The van der Waals surface area contributed by atoms with Crippen LogP contribution >= 0.6 is 11.6 Å². The average molecular weight is 282 g/mol. The lowest BCUT2D eigenvalue weighted by Crippen LogP contribution is -2.46. The van der Waals surface area contributed by atoms with Gasteiger partial charge in [-0.3, -0.25) is 9.78 Å². The number of halogens is 1. The Morgan fingerprint density at radius 3 is 2.89 bits per heavy atom. The predicted octanol–water partition coefficient (Wildman–Crippen LogP) is 2.23. The summed E-state index contributed by atoms with van der Waals surface area (Å²) in [6.45, 7) is 4.27. The highest BCUT2D eigenvalue weighted by Crippen LogP contribution is 2.14. The molecule has 1 atom stereocenters. The minimum Gasteiger partial charge on any atom is -0.341 e. The first-order valence-corrected chi connectivity index (χ1v) is 7.17. The molecule has 104 valence electrons. The third-order valence-corrected chi connectivity index (χ3v) is 3.83. The monoisotopic (exact) mass is 281 g/mol. The number of nitrogens with zero attached hydrogens (tertiary/aromatic N) is 2. The summed E-state index contributed by atoms with van der Waals surface area (Å²) in [6.07, 6.45) is 6.80. The van der Waals surface area contributed by atoms with Crippen molar-refractivity contribution >= 4 is 17.5 Å². The summed E-state index contributed by atoms with van der Waals surface area (Å²) in [5.74, 6) is 0.185. The molecule has 0 radical (unpaired) electrons. The smallest absolute Gasteiger partial charge is 0.239 e. The first kappa shape index (κ1) is 14.3. The van der Waals surface area contributed by atoms with Gasteiger partial charge in [0, 0.05) is 32.0 Å². The summed E-state index contributed by atoms with van der Waals surface area (Å²) in [7, 11) is 0. The molecule has 2 heterocycles. The fourth-order valence-electron chi connectivity index (χ4n) is 2.29. The molecule has 0 spiro atoms. The highest BCUT2D eigenvalue weighted by molar-refractivity contribution is 6.31. The number of aromatic nitrogens is 1. The lowest BCUT2D eigenvalue weighted by molar-refractivity contribution is -0.133. The Balaban J connectivity index is 1.85. The Labute approximate surface area is 119 Å². The molecular weight excluding hydrogens is 262 g/mol. The molecule has 2 rings (SSSR count). The number of nitrogens with one attached hydrogen (secondary N) is 1. The molecule has 1 aromatic heterocycles. The van der Waals surface area contributed by atoms with Gasteiger partial charge in [0.1, 0.15) is 0 Å². The van der Waals surface area contributed by atoms with Crippen LogP contribution in [0.3, 0.4) is 0 Å². The van der Waals surface area contributed by atoms with E-state index in [9.17, 15) is 4.79 Å². The molecule has 4 nitrogen and oxygen atoms in total. The minimum atomic E-state index is -0.178. The van der Waals surface area contributed by atoms with Gasteiger partial charge in [0.2, 0.25) is 5.91 Å². The Morgan fingerprint density at radius 2 is 2.21 bits per heavy atom. The van der Waals surface area contributed by atoms with E-state index in [2.05, 4.69) is 10.3 Å². The van der Waals surface area contributed by atoms with Crippen molar-refractivity contribution in [2.24, 2.45) is 0 Å². The molecule has 0 bridgehead atoms. The van der Waals surface area contributed by atoms with Crippen LogP contribution < -0.4 is 5.32 Å². The maximum absolute atomic E-state index is 12.2. The van der Waals surface area contributed by atoms with E-state index in [0.29, 0.717) is 11.6 Å². The van der Waals surface area contributed by atoms with Gasteiger partial charge >= 0.3 is 0 Å². The van der Waals surface area contributed by atoms with Gasteiger partial charge in [0.15, 0.2) is 0 Å². The molecule has 1 aliphatic rings. The molecule has 1 N–H and O–H groups in total.